The zero-order valence-electron chi connectivity index (χ0n) is 15.3. The second-order valence-electron chi connectivity index (χ2n) is 6.41. The molecule has 0 spiro atoms. The molecule has 3 rings (SSSR count). The molecule has 5 nitrogen and oxygen atoms in total. The zero-order chi connectivity index (χ0) is 18.0. The first kappa shape index (κ1) is 17.1. The van der Waals surface area contributed by atoms with Crippen molar-refractivity contribution < 1.29 is 4.79 Å². The number of rotatable bonds is 5. The number of hydrogen-bond acceptors (Lipinski definition) is 3. The summed E-state index contributed by atoms with van der Waals surface area (Å²) in [4.78, 5) is 19.6. The van der Waals surface area contributed by atoms with E-state index in [1.54, 1.807) is 9.58 Å². The highest BCUT2D eigenvalue weighted by atomic mass is 16.2. The maximum Gasteiger partial charge on any atom is 0.254 e. The van der Waals surface area contributed by atoms with Crippen molar-refractivity contribution in [2.24, 2.45) is 7.05 Å². The summed E-state index contributed by atoms with van der Waals surface area (Å²) in [6.07, 6.45) is 2.05. The molecule has 1 aromatic carbocycles. The maximum absolute atomic E-state index is 13.1. The summed E-state index contributed by atoms with van der Waals surface area (Å²) >= 11 is 0. The minimum atomic E-state index is 0.0223. The molecule has 1 amide bonds. The van der Waals surface area contributed by atoms with Crippen LogP contribution in [0, 0.1) is 6.92 Å². The SMILES string of the molecule is CCCCN(C)C(=O)c1cc(-c2ccccc2)nc2c1c(C)nn2C. The molecule has 0 N–H and O–H groups in total. The van der Waals surface area contributed by atoms with Crippen LogP contribution in [0.2, 0.25) is 0 Å². The molecule has 0 radical (unpaired) electrons. The first-order valence-corrected chi connectivity index (χ1v) is 8.68. The summed E-state index contributed by atoms with van der Waals surface area (Å²) in [6, 6.07) is 11.8. The van der Waals surface area contributed by atoms with E-state index < -0.39 is 0 Å². The van der Waals surface area contributed by atoms with E-state index in [2.05, 4.69) is 12.0 Å². The Kier molecular flexibility index (Phi) is 4.83. The molecule has 25 heavy (non-hydrogen) atoms. The molecule has 0 unspecified atom stereocenters. The Morgan fingerprint density at radius 2 is 1.96 bits per heavy atom. The van der Waals surface area contributed by atoms with Crippen molar-refractivity contribution in [3.63, 3.8) is 0 Å². The fraction of sp³-hybridized carbons (Fsp3) is 0.350. The molecule has 0 atom stereocenters. The fourth-order valence-electron chi connectivity index (χ4n) is 3.07. The van der Waals surface area contributed by atoms with Gasteiger partial charge >= 0.3 is 0 Å². The number of unbranched alkanes of at least 4 members (excludes halogenated alkanes) is 1. The average Bonchev–Trinajstić information content (AvgIpc) is 2.93. The van der Waals surface area contributed by atoms with E-state index >= 15 is 0 Å². The molecular formula is C20H24N4O. The van der Waals surface area contributed by atoms with Crippen LogP contribution in [0.3, 0.4) is 0 Å². The van der Waals surface area contributed by atoms with Crippen molar-refractivity contribution in [3.05, 3.63) is 47.7 Å². The van der Waals surface area contributed by atoms with Crippen LogP contribution in [0.1, 0.15) is 35.8 Å². The van der Waals surface area contributed by atoms with E-state index in [1.807, 2.05) is 57.4 Å². The Hall–Kier alpha value is -2.69. The first-order chi connectivity index (χ1) is 12.0. The van der Waals surface area contributed by atoms with Crippen molar-refractivity contribution in [2.75, 3.05) is 13.6 Å². The Balaban J connectivity index is 2.17. The first-order valence-electron chi connectivity index (χ1n) is 8.68. The van der Waals surface area contributed by atoms with Crippen LogP contribution in [0.15, 0.2) is 36.4 Å². The van der Waals surface area contributed by atoms with Crippen LogP contribution >= 0.6 is 0 Å². The lowest BCUT2D eigenvalue weighted by Crippen LogP contribution is -2.28. The summed E-state index contributed by atoms with van der Waals surface area (Å²) in [5.41, 5.74) is 4.04. The third-order valence-corrected chi connectivity index (χ3v) is 4.46. The predicted octanol–water partition coefficient (Wildman–Crippen LogP) is 3.82. The number of aryl methyl sites for hydroxylation is 2. The smallest absolute Gasteiger partial charge is 0.254 e. The number of nitrogens with zero attached hydrogens (tertiary/aromatic N) is 4. The van der Waals surface area contributed by atoms with Gasteiger partial charge in [-0.1, -0.05) is 43.7 Å². The predicted molar refractivity (Wildman–Crippen MR) is 101 cm³/mol. The van der Waals surface area contributed by atoms with Gasteiger partial charge < -0.3 is 4.90 Å². The monoisotopic (exact) mass is 336 g/mol. The molecule has 0 bridgehead atoms. The summed E-state index contributed by atoms with van der Waals surface area (Å²) in [7, 11) is 3.73. The highest BCUT2D eigenvalue weighted by Crippen LogP contribution is 2.27. The molecule has 3 aromatic rings. The van der Waals surface area contributed by atoms with Crippen LogP contribution in [0.4, 0.5) is 0 Å². The molecule has 2 aromatic heterocycles. The number of benzene rings is 1. The van der Waals surface area contributed by atoms with Crippen LogP contribution in [-0.4, -0.2) is 39.2 Å². The van der Waals surface area contributed by atoms with E-state index in [-0.39, 0.29) is 5.91 Å². The van der Waals surface area contributed by atoms with E-state index in [9.17, 15) is 4.79 Å². The van der Waals surface area contributed by atoms with Crippen molar-refractivity contribution >= 4 is 16.9 Å². The lowest BCUT2D eigenvalue weighted by atomic mass is 10.0. The molecule has 130 valence electrons. The second kappa shape index (κ2) is 7.05. The van der Waals surface area contributed by atoms with Gasteiger partial charge in [0.1, 0.15) is 0 Å². The standard InChI is InChI=1S/C20H24N4O/c1-5-6-12-23(3)20(25)16-13-17(15-10-8-7-9-11-15)21-19-18(16)14(2)22-24(19)4/h7-11,13H,5-6,12H2,1-4H3. The van der Waals surface area contributed by atoms with E-state index in [0.717, 1.165) is 47.4 Å². The highest BCUT2D eigenvalue weighted by Gasteiger charge is 2.21. The van der Waals surface area contributed by atoms with Crippen LogP contribution in [0.5, 0.6) is 0 Å². The topological polar surface area (TPSA) is 51.0 Å². The number of hydrogen-bond donors (Lipinski definition) is 0. The molecule has 2 heterocycles. The van der Waals surface area contributed by atoms with E-state index in [4.69, 9.17) is 4.98 Å². The van der Waals surface area contributed by atoms with Crippen molar-refractivity contribution in [3.8, 4) is 11.3 Å². The van der Waals surface area contributed by atoms with Crippen molar-refractivity contribution in [1.82, 2.24) is 19.7 Å². The van der Waals surface area contributed by atoms with Gasteiger partial charge in [0.25, 0.3) is 5.91 Å². The minimum absolute atomic E-state index is 0.0223. The second-order valence-corrected chi connectivity index (χ2v) is 6.41. The Labute approximate surface area is 148 Å². The average molecular weight is 336 g/mol. The normalized spacial score (nSPS) is 11.0. The number of carbonyl (C=O) groups excluding carboxylic acids is 1. The Bertz CT molecular complexity index is 899. The molecular weight excluding hydrogens is 312 g/mol. The summed E-state index contributed by atoms with van der Waals surface area (Å²) in [6.45, 7) is 4.80. The number of pyridine rings is 1. The zero-order valence-corrected chi connectivity index (χ0v) is 15.3. The molecule has 0 aliphatic rings. The molecule has 5 heteroatoms. The van der Waals surface area contributed by atoms with Gasteiger partial charge in [0, 0.05) is 26.2 Å². The molecule has 0 saturated carbocycles. The Morgan fingerprint density at radius 1 is 1.24 bits per heavy atom. The van der Waals surface area contributed by atoms with Gasteiger partial charge in [-0.2, -0.15) is 5.10 Å². The minimum Gasteiger partial charge on any atom is -0.342 e. The summed E-state index contributed by atoms with van der Waals surface area (Å²) < 4.78 is 1.75. The number of amides is 1. The van der Waals surface area contributed by atoms with Crippen LogP contribution in [-0.2, 0) is 7.05 Å². The molecule has 0 aliphatic heterocycles. The van der Waals surface area contributed by atoms with Gasteiger partial charge in [0.2, 0.25) is 0 Å². The third kappa shape index (κ3) is 3.27. The number of carbonyl (C=O) groups is 1. The van der Waals surface area contributed by atoms with Crippen molar-refractivity contribution in [2.45, 2.75) is 26.7 Å². The Morgan fingerprint density at radius 3 is 2.64 bits per heavy atom. The third-order valence-electron chi connectivity index (χ3n) is 4.46. The van der Waals surface area contributed by atoms with Gasteiger partial charge in [-0.3, -0.25) is 9.48 Å². The van der Waals surface area contributed by atoms with Gasteiger partial charge in [-0.05, 0) is 19.4 Å². The molecule has 0 saturated heterocycles. The van der Waals surface area contributed by atoms with E-state index in [1.165, 1.54) is 0 Å². The van der Waals surface area contributed by atoms with Crippen LogP contribution in [0.25, 0.3) is 22.3 Å². The van der Waals surface area contributed by atoms with Crippen LogP contribution < -0.4 is 0 Å². The quantitative estimate of drug-likeness (QED) is 0.712. The summed E-state index contributed by atoms with van der Waals surface area (Å²) in [5, 5.41) is 5.32. The highest BCUT2D eigenvalue weighted by molar-refractivity contribution is 6.07. The molecule has 0 fully saturated rings. The number of fused-ring (bicyclic) bond motifs is 1. The van der Waals surface area contributed by atoms with Gasteiger partial charge in [0.15, 0.2) is 5.65 Å². The maximum atomic E-state index is 13.1. The van der Waals surface area contributed by atoms with Crippen molar-refractivity contribution in [1.29, 1.82) is 0 Å². The fourth-order valence-corrected chi connectivity index (χ4v) is 3.07. The van der Waals surface area contributed by atoms with Gasteiger partial charge in [0.05, 0.1) is 22.3 Å². The molecule has 0 aliphatic carbocycles. The lowest BCUT2D eigenvalue weighted by molar-refractivity contribution is 0.0795. The number of aromatic nitrogens is 3. The van der Waals surface area contributed by atoms with Gasteiger partial charge in [-0.15, -0.1) is 0 Å². The van der Waals surface area contributed by atoms with E-state index in [0.29, 0.717) is 5.56 Å². The van der Waals surface area contributed by atoms with Gasteiger partial charge in [-0.25, -0.2) is 4.98 Å². The largest absolute Gasteiger partial charge is 0.342 e. The lowest BCUT2D eigenvalue weighted by Gasteiger charge is -2.18. The summed E-state index contributed by atoms with van der Waals surface area (Å²) in [5.74, 6) is 0.0223.